The second-order valence-corrected chi connectivity index (χ2v) is 6.11. The highest BCUT2D eigenvalue weighted by Gasteiger charge is 2.26. The second-order valence-electron chi connectivity index (χ2n) is 5.29. The number of benzene rings is 1. The van der Waals surface area contributed by atoms with Crippen molar-refractivity contribution in [3.8, 4) is 0 Å². The molecular weight excluding hydrogens is 253 g/mol. The molecule has 1 fully saturated rings. The maximum absolute atomic E-state index is 6.29. The van der Waals surface area contributed by atoms with Gasteiger partial charge >= 0.3 is 0 Å². The molecule has 1 nitrogen and oxygen atoms in total. The van der Waals surface area contributed by atoms with Crippen LogP contribution in [0.5, 0.6) is 0 Å². The van der Waals surface area contributed by atoms with Gasteiger partial charge in [0.25, 0.3) is 0 Å². The molecule has 1 aromatic carbocycles. The van der Waals surface area contributed by atoms with Gasteiger partial charge < -0.3 is 5.73 Å². The van der Waals surface area contributed by atoms with Gasteiger partial charge in [-0.15, -0.1) is 0 Å². The van der Waals surface area contributed by atoms with Crippen molar-refractivity contribution in [2.24, 2.45) is 17.6 Å². The molecular formula is C14H19Cl2N. The Hall–Kier alpha value is -0.240. The Morgan fingerprint density at radius 1 is 1.29 bits per heavy atom. The molecule has 0 saturated heterocycles. The third kappa shape index (κ3) is 3.37. The predicted molar refractivity (Wildman–Crippen MR) is 74.6 cm³/mol. The minimum Gasteiger partial charge on any atom is -0.327 e. The molecule has 1 aliphatic rings. The largest absolute Gasteiger partial charge is 0.327 e. The van der Waals surface area contributed by atoms with E-state index in [1.165, 1.54) is 24.8 Å². The molecule has 3 atom stereocenters. The molecule has 1 saturated carbocycles. The summed E-state index contributed by atoms with van der Waals surface area (Å²) in [6.45, 7) is 2.31. The minimum absolute atomic E-state index is 0.247. The third-order valence-corrected chi connectivity index (χ3v) is 4.54. The number of hydrogen-bond donors (Lipinski definition) is 1. The van der Waals surface area contributed by atoms with E-state index in [0.29, 0.717) is 16.0 Å². The molecule has 2 N–H and O–H groups in total. The average molecular weight is 272 g/mol. The second kappa shape index (κ2) is 5.60. The van der Waals surface area contributed by atoms with Crippen LogP contribution in [-0.2, 0) is 6.42 Å². The van der Waals surface area contributed by atoms with Gasteiger partial charge in [-0.05, 0) is 48.8 Å². The lowest BCUT2D eigenvalue weighted by molar-refractivity contribution is 0.415. The number of rotatable bonds is 3. The van der Waals surface area contributed by atoms with Crippen LogP contribution in [-0.4, -0.2) is 6.04 Å². The molecule has 2 rings (SSSR count). The molecule has 0 aromatic heterocycles. The van der Waals surface area contributed by atoms with E-state index in [1.54, 1.807) is 0 Å². The molecule has 17 heavy (non-hydrogen) atoms. The average Bonchev–Trinajstić information content (AvgIpc) is 2.70. The number of hydrogen-bond acceptors (Lipinski definition) is 1. The van der Waals surface area contributed by atoms with Crippen LogP contribution in [0.4, 0.5) is 0 Å². The molecule has 0 heterocycles. The third-order valence-electron chi connectivity index (χ3n) is 3.80. The Balaban J connectivity index is 1.98. The van der Waals surface area contributed by atoms with Gasteiger partial charge in [0.1, 0.15) is 0 Å². The van der Waals surface area contributed by atoms with Crippen LogP contribution < -0.4 is 5.73 Å². The molecule has 0 amide bonds. The van der Waals surface area contributed by atoms with Crippen molar-refractivity contribution < 1.29 is 0 Å². The predicted octanol–water partition coefficient (Wildman–Crippen LogP) is 4.30. The van der Waals surface area contributed by atoms with Crippen LogP contribution in [0.25, 0.3) is 0 Å². The summed E-state index contributed by atoms with van der Waals surface area (Å²) in [6.07, 6.45) is 4.75. The van der Waals surface area contributed by atoms with Crippen molar-refractivity contribution >= 4 is 23.2 Å². The summed E-state index contributed by atoms with van der Waals surface area (Å²) in [6, 6.07) is 6.05. The summed E-state index contributed by atoms with van der Waals surface area (Å²) in [5.74, 6) is 1.50. The summed E-state index contributed by atoms with van der Waals surface area (Å²) in [5, 5.41) is 1.23. The fourth-order valence-electron chi connectivity index (χ4n) is 2.75. The monoisotopic (exact) mass is 271 g/mol. The topological polar surface area (TPSA) is 26.0 Å². The van der Waals surface area contributed by atoms with Crippen LogP contribution >= 0.6 is 23.2 Å². The van der Waals surface area contributed by atoms with Crippen molar-refractivity contribution in [3.63, 3.8) is 0 Å². The molecule has 0 radical (unpaired) electrons. The van der Waals surface area contributed by atoms with E-state index < -0.39 is 0 Å². The van der Waals surface area contributed by atoms with Crippen LogP contribution in [0.15, 0.2) is 18.2 Å². The first-order chi connectivity index (χ1) is 8.06. The highest BCUT2D eigenvalue weighted by Crippen LogP contribution is 2.33. The van der Waals surface area contributed by atoms with Gasteiger partial charge in [0.05, 0.1) is 10.0 Å². The molecule has 0 bridgehead atoms. The van der Waals surface area contributed by atoms with Gasteiger partial charge in [0, 0.05) is 6.04 Å². The maximum atomic E-state index is 6.29. The molecule has 0 aliphatic heterocycles. The zero-order valence-electron chi connectivity index (χ0n) is 10.1. The lowest BCUT2D eigenvalue weighted by atomic mass is 9.92. The molecule has 3 unspecified atom stereocenters. The smallest absolute Gasteiger partial charge is 0.0595 e. The van der Waals surface area contributed by atoms with E-state index in [4.69, 9.17) is 28.9 Å². The van der Waals surface area contributed by atoms with Gasteiger partial charge in [-0.1, -0.05) is 42.6 Å². The quantitative estimate of drug-likeness (QED) is 0.872. The highest BCUT2D eigenvalue weighted by molar-refractivity contribution is 6.42. The summed E-state index contributed by atoms with van der Waals surface area (Å²) >= 11 is 11.9. The van der Waals surface area contributed by atoms with Gasteiger partial charge in [-0.3, -0.25) is 0 Å². The molecule has 1 aromatic rings. The first-order valence-electron chi connectivity index (χ1n) is 6.25. The Morgan fingerprint density at radius 3 is 2.65 bits per heavy atom. The van der Waals surface area contributed by atoms with E-state index in [1.807, 2.05) is 18.2 Å². The Labute approximate surface area is 113 Å². The van der Waals surface area contributed by atoms with Crippen molar-refractivity contribution in [3.05, 3.63) is 33.8 Å². The molecule has 3 heteroatoms. The Bertz CT molecular complexity index is 392. The summed E-state index contributed by atoms with van der Waals surface area (Å²) < 4.78 is 0. The minimum atomic E-state index is 0.247. The van der Waals surface area contributed by atoms with E-state index in [0.717, 1.165) is 12.3 Å². The molecule has 0 spiro atoms. The van der Waals surface area contributed by atoms with Crippen LogP contribution in [0.1, 0.15) is 31.7 Å². The van der Waals surface area contributed by atoms with Gasteiger partial charge in [-0.2, -0.15) is 0 Å². The van der Waals surface area contributed by atoms with E-state index in [9.17, 15) is 0 Å². The normalized spacial score (nSPS) is 26.1. The highest BCUT2D eigenvalue weighted by atomic mass is 35.5. The zero-order chi connectivity index (χ0) is 12.4. The van der Waals surface area contributed by atoms with Gasteiger partial charge in [-0.25, -0.2) is 0 Å². The molecule has 1 aliphatic carbocycles. The van der Waals surface area contributed by atoms with Gasteiger partial charge in [0.2, 0.25) is 0 Å². The van der Waals surface area contributed by atoms with Crippen LogP contribution in [0.3, 0.4) is 0 Å². The standard InChI is InChI=1S/C14H19Cl2N/c1-9-2-4-11(6-9)14(17)8-10-3-5-12(15)13(16)7-10/h3,5,7,9,11,14H,2,4,6,8,17H2,1H3. The summed E-state index contributed by atoms with van der Waals surface area (Å²) in [7, 11) is 0. The van der Waals surface area contributed by atoms with E-state index in [2.05, 4.69) is 6.92 Å². The van der Waals surface area contributed by atoms with Crippen LogP contribution in [0.2, 0.25) is 10.0 Å². The van der Waals surface area contributed by atoms with E-state index in [-0.39, 0.29) is 6.04 Å². The first-order valence-corrected chi connectivity index (χ1v) is 7.01. The molecule has 94 valence electrons. The van der Waals surface area contributed by atoms with Crippen molar-refractivity contribution in [1.29, 1.82) is 0 Å². The fraction of sp³-hybridized carbons (Fsp3) is 0.571. The summed E-state index contributed by atoms with van der Waals surface area (Å²) in [4.78, 5) is 0. The van der Waals surface area contributed by atoms with E-state index >= 15 is 0 Å². The summed E-state index contributed by atoms with van der Waals surface area (Å²) in [5.41, 5.74) is 7.47. The number of nitrogens with two attached hydrogens (primary N) is 1. The number of halogens is 2. The Kier molecular flexibility index (Phi) is 4.35. The van der Waals surface area contributed by atoms with Crippen molar-refractivity contribution in [1.82, 2.24) is 0 Å². The maximum Gasteiger partial charge on any atom is 0.0595 e. The van der Waals surface area contributed by atoms with Crippen molar-refractivity contribution in [2.45, 2.75) is 38.6 Å². The lowest BCUT2D eigenvalue weighted by Crippen LogP contribution is -2.30. The van der Waals surface area contributed by atoms with Crippen LogP contribution in [0, 0.1) is 11.8 Å². The first kappa shape index (κ1) is 13.2. The van der Waals surface area contributed by atoms with Crippen molar-refractivity contribution in [2.75, 3.05) is 0 Å². The van der Waals surface area contributed by atoms with Gasteiger partial charge in [0.15, 0.2) is 0 Å². The SMILES string of the molecule is CC1CCC(C(N)Cc2ccc(Cl)c(Cl)c2)C1. The zero-order valence-corrected chi connectivity index (χ0v) is 11.6. The Morgan fingerprint density at radius 2 is 2.06 bits per heavy atom. The lowest BCUT2D eigenvalue weighted by Gasteiger charge is -2.19. The fourth-order valence-corrected chi connectivity index (χ4v) is 3.07.